The van der Waals surface area contributed by atoms with Crippen molar-refractivity contribution < 1.29 is 15.0 Å². The van der Waals surface area contributed by atoms with E-state index >= 15 is 0 Å². The number of rotatable bonds is 4. The van der Waals surface area contributed by atoms with Crippen molar-refractivity contribution >= 4 is 5.97 Å². The van der Waals surface area contributed by atoms with Gasteiger partial charge in [0.25, 0.3) is 0 Å². The van der Waals surface area contributed by atoms with E-state index < -0.39 is 17.8 Å². The molecule has 23 heavy (non-hydrogen) atoms. The van der Waals surface area contributed by atoms with E-state index in [1.54, 1.807) is 24.3 Å². The quantitative estimate of drug-likeness (QED) is 0.674. The van der Waals surface area contributed by atoms with Crippen LogP contribution in [-0.2, 0) is 0 Å². The average molecular weight is 311 g/mol. The maximum Gasteiger partial charge on any atom is 0.348 e. The first-order chi connectivity index (χ1) is 11.1. The number of carboxylic acid groups (broad SMARTS) is 1. The van der Waals surface area contributed by atoms with Gasteiger partial charge in [-0.1, -0.05) is 30.3 Å². The van der Waals surface area contributed by atoms with Crippen molar-refractivity contribution in [2.45, 2.75) is 6.10 Å². The standard InChI is InChI=1S/C16H13N3O4/c20-13(10-4-2-1-3-5-10)14-17-18-16(23)19(14)12-8-6-11(7-9-12)15(21)22/h1-9,13,20H,(H,18,23)(H,21,22)/t13-/m0/s1. The predicted molar refractivity (Wildman–Crippen MR) is 81.6 cm³/mol. The number of nitrogens with one attached hydrogen (secondary N) is 1. The lowest BCUT2D eigenvalue weighted by atomic mass is 10.1. The molecule has 116 valence electrons. The number of aromatic nitrogens is 3. The molecule has 0 amide bonds. The van der Waals surface area contributed by atoms with Crippen LogP contribution in [0.25, 0.3) is 5.69 Å². The number of hydrogen-bond donors (Lipinski definition) is 3. The van der Waals surface area contributed by atoms with E-state index in [9.17, 15) is 14.7 Å². The Bertz CT molecular complexity index is 882. The lowest BCUT2D eigenvalue weighted by Crippen LogP contribution is -2.19. The van der Waals surface area contributed by atoms with Crippen LogP contribution < -0.4 is 5.69 Å². The van der Waals surface area contributed by atoms with Crippen LogP contribution >= 0.6 is 0 Å². The van der Waals surface area contributed by atoms with E-state index in [1.807, 2.05) is 6.07 Å². The molecule has 0 spiro atoms. The highest BCUT2D eigenvalue weighted by atomic mass is 16.4. The predicted octanol–water partition coefficient (Wildman–Crippen LogP) is 1.34. The zero-order chi connectivity index (χ0) is 16.4. The molecular formula is C16H13N3O4. The average Bonchev–Trinajstić information content (AvgIpc) is 2.96. The fourth-order valence-electron chi connectivity index (χ4n) is 2.28. The number of benzene rings is 2. The molecule has 3 rings (SSSR count). The van der Waals surface area contributed by atoms with Crippen LogP contribution in [0.4, 0.5) is 0 Å². The summed E-state index contributed by atoms with van der Waals surface area (Å²) in [7, 11) is 0. The summed E-state index contributed by atoms with van der Waals surface area (Å²) in [6, 6.07) is 14.6. The molecule has 3 N–H and O–H groups in total. The Kier molecular flexibility index (Phi) is 3.78. The van der Waals surface area contributed by atoms with Gasteiger partial charge in [-0.15, -0.1) is 0 Å². The van der Waals surface area contributed by atoms with Crippen molar-refractivity contribution in [3.8, 4) is 5.69 Å². The van der Waals surface area contributed by atoms with Crippen molar-refractivity contribution in [2.24, 2.45) is 0 Å². The molecule has 7 heteroatoms. The molecule has 0 aliphatic carbocycles. The molecule has 0 saturated carbocycles. The van der Waals surface area contributed by atoms with Crippen LogP contribution in [0.2, 0.25) is 0 Å². The second-order valence-electron chi connectivity index (χ2n) is 4.89. The summed E-state index contributed by atoms with van der Waals surface area (Å²) >= 11 is 0. The maximum absolute atomic E-state index is 12.0. The van der Waals surface area contributed by atoms with Crippen molar-refractivity contribution in [1.29, 1.82) is 0 Å². The first kappa shape index (κ1) is 14.7. The van der Waals surface area contributed by atoms with Gasteiger partial charge < -0.3 is 10.2 Å². The molecule has 0 saturated heterocycles. The summed E-state index contributed by atoms with van der Waals surface area (Å²) in [6.07, 6.45) is -1.09. The minimum Gasteiger partial charge on any atom is -0.478 e. The third-order valence-electron chi connectivity index (χ3n) is 3.43. The van der Waals surface area contributed by atoms with Gasteiger partial charge in [0.2, 0.25) is 0 Å². The summed E-state index contributed by atoms with van der Waals surface area (Å²) in [5, 5.41) is 25.6. The van der Waals surface area contributed by atoms with Gasteiger partial charge in [0.1, 0.15) is 6.10 Å². The van der Waals surface area contributed by atoms with E-state index in [0.29, 0.717) is 11.3 Å². The highest BCUT2D eigenvalue weighted by molar-refractivity contribution is 5.87. The zero-order valence-corrected chi connectivity index (χ0v) is 11.9. The van der Waals surface area contributed by atoms with Crippen LogP contribution in [0.1, 0.15) is 27.8 Å². The van der Waals surface area contributed by atoms with Gasteiger partial charge in [0, 0.05) is 0 Å². The Morgan fingerprint density at radius 1 is 1.09 bits per heavy atom. The normalized spacial score (nSPS) is 12.0. The number of carbonyl (C=O) groups is 1. The second-order valence-corrected chi connectivity index (χ2v) is 4.89. The molecule has 0 unspecified atom stereocenters. The number of aliphatic hydroxyl groups excluding tert-OH is 1. The summed E-state index contributed by atoms with van der Waals surface area (Å²) in [5.74, 6) is -0.926. The molecule has 2 aromatic carbocycles. The first-order valence-corrected chi connectivity index (χ1v) is 6.82. The van der Waals surface area contributed by atoms with Gasteiger partial charge in [-0.2, -0.15) is 5.10 Å². The summed E-state index contributed by atoms with van der Waals surface area (Å²) < 4.78 is 1.21. The topological polar surface area (TPSA) is 108 Å². The van der Waals surface area contributed by atoms with Crippen LogP contribution in [-0.4, -0.2) is 30.9 Å². The lowest BCUT2D eigenvalue weighted by Gasteiger charge is -2.12. The van der Waals surface area contributed by atoms with Crippen LogP contribution in [0.5, 0.6) is 0 Å². The fraction of sp³-hybridized carbons (Fsp3) is 0.0625. The van der Waals surface area contributed by atoms with Gasteiger partial charge in [0.15, 0.2) is 5.82 Å². The molecule has 0 radical (unpaired) electrons. The minimum atomic E-state index is -1.09. The molecule has 1 atom stereocenters. The molecule has 0 fully saturated rings. The fourth-order valence-corrected chi connectivity index (χ4v) is 2.28. The monoisotopic (exact) mass is 311 g/mol. The van der Waals surface area contributed by atoms with Crippen molar-refractivity contribution in [2.75, 3.05) is 0 Å². The van der Waals surface area contributed by atoms with Crippen LogP contribution in [0.15, 0.2) is 59.4 Å². The van der Waals surface area contributed by atoms with Crippen molar-refractivity contribution in [1.82, 2.24) is 14.8 Å². The molecular weight excluding hydrogens is 298 g/mol. The SMILES string of the molecule is O=C(O)c1ccc(-n2c([C@@H](O)c3ccccc3)n[nH]c2=O)cc1. The molecule has 1 heterocycles. The van der Waals surface area contributed by atoms with Crippen molar-refractivity contribution in [3.63, 3.8) is 0 Å². The third-order valence-corrected chi connectivity index (χ3v) is 3.43. The second kappa shape index (κ2) is 5.90. The maximum atomic E-state index is 12.0. The zero-order valence-electron chi connectivity index (χ0n) is 11.9. The van der Waals surface area contributed by atoms with Crippen LogP contribution in [0, 0.1) is 0 Å². The summed E-state index contributed by atoms with van der Waals surface area (Å²) in [6.45, 7) is 0. The number of carboxylic acids is 1. The number of hydrogen-bond acceptors (Lipinski definition) is 4. The molecule has 0 aliphatic heterocycles. The number of aliphatic hydroxyl groups is 1. The van der Waals surface area contributed by atoms with Gasteiger partial charge in [-0.3, -0.25) is 0 Å². The Labute approximate surface area is 130 Å². The highest BCUT2D eigenvalue weighted by Gasteiger charge is 2.20. The van der Waals surface area contributed by atoms with Crippen LogP contribution in [0.3, 0.4) is 0 Å². The Morgan fingerprint density at radius 2 is 1.74 bits per heavy atom. The van der Waals surface area contributed by atoms with Crippen molar-refractivity contribution in [3.05, 3.63) is 82.0 Å². The molecule has 3 aromatic rings. The largest absolute Gasteiger partial charge is 0.478 e. The Balaban J connectivity index is 2.05. The molecule has 0 bridgehead atoms. The summed E-state index contributed by atoms with van der Waals surface area (Å²) in [5.41, 5.74) is 0.599. The summed E-state index contributed by atoms with van der Waals surface area (Å²) in [4.78, 5) is 22.9. The smallest absolute Gasteiger partial charge is 0.348 e. The first-order valence-electron chi connectivity index (χ1n) is 6.82. The number of aromatic carboxylic acids is 1. The van der Waals surface area contributed by atoms with Gasteiger partial charge in [-0.05, 0) is 29.8 Å². The number of H-pyrrole nitrogens is 1. The van der Waals surface area contributed by atoms with E-state index in [0.717, 1.165) is 0 Å². The third kappa shape index (κ3) is 2.77. The Morgan fingerprint density at radius 3 is 2.35 bits per heavy atom. The van der Waals surface area contributed by atoms with E-state index in [4.69, 9.17) is 5.11 Å². The number of aromatic amines is 1. The van der Waals surface area contributed by atoms with E-state index in [-0.39, 0.29) is 11.4 Å². The Hall–Kier alpha value is -3.19. The van der Waals surface area contributed by atoms with Gasteiger partial charge in [0.05, 0.1) is 11.3 Å². The van der Waals surface area contributed by atoms with E-state index in [1.165, 1.54) is 28.8 Å². The highest BCUT2D eigenvalue weighted by Crippen LogP contribution is 2.21. The molecule has 0 aliphatic rings. The molecule has 7 nitrogen and oxygen atoms in total. The lowest BCUT2D eigenvalue weighted by molar-refractivity contribution is 0.0697. The number of nitrogens with zero attached hydrogens (tertiary/aromatic N) is 2. The molecule has 1 aromatic heterocycles. The van der Waals surface area contributed by atoms with E-state index in [2.05, 4.69) is 10.2 Å². The van der Waals surface area contributed by atoms with Gasteiger partial charge >= 0.3 is 11.7 Å². The van der Waals surface area contributed by atoms with Gasteiger partial charge in [-0.25, -0.2) is 19.3 Å². The minimum absolute atomic E-state index is 0.107.